The molecule has 0 radical (unpaired) electrons. The maximum Gasteiger partial charge on any atom is 4.00 e. The van der Waals surface area contributed by atoms with Gasteiger partial charge in [0, 0.05) is 34.7 Å². The number of aryl methyl sites for hydroxylation is 2. The van der Waals surface area contributed by atoms with Crippen LogP contribution in [0.3, 0.4) is 0 Å². The van der Waals surface area contributed by atoms with Crippen LogP contribution in [0.15, 0.2) is 85.2 Å². The smallest absolute Gasteiger partial charge is 0.372 e. The zero-order valence-electron chi connectivity index (χ0n) is 25.1. The van der Waals surface area contributed by atoms with Gasteiger partial charge >= 0.3 is 21.7 Å². The van der Waals surface area contributed by atoms with E-state index in [0.29, 0.717) is 11.4 Å². The quantitative estimate of drug-likeness (QED) is 0.117. The van der Waals surface area contributed by atoms with Crippen LogP contribution in [0.25, 0.3) is 11.4 Å². The minimum absolute atomic E-state index is 0. The molecule has 0 saturated heterocycles. The molecule has 8 rings (SSSR count). The summed E-state index contributed by atoms with van der Waals surface area (Å²) in [6.45, 7) is 0. The van der Waals surface area contributed by atoms with Gasteiger partial charge in [-0.05, 0) is 98.4 Å². The van der Waals surface area contributed by atoms with Crippen LogP contribution in [-0.2, 0) is 47.4 Å². The summed E-state index contributed by atoms with van der Waals surface area (Å²) in [5, 5.41) is 0. The third-order valence-corrected chi connectivity index (χ3v) is 7.77. The molecule has 2 aromatic heterocycles. The van der Waals surface area contributed by atoms with Crippen LogP contribution >= 0.6 is 0 Å². The van der Waals surface area contributed by atoms with E-state index in [9.17, 15) is 17.6 Å². The fraction of sp³-hybridized carbons (Fsp3) is 0.263. The molecule has 0 bridgehead atoms. The summed E-state index contributed by atoms with van der Waals surface area (Å²) in [6.07, 6.45) is 32.4. The van der Waals surface area contributed by atoms with Crippen LogP contribution in [0.5, 0.6) is 0 Å². The molecule has 0 atom stereocenters. The third-order valence-electron chi connectivity index (χ3n) is 7.77. The second-order valence-electron chi connectivity index (χ2n) is 10.7. The van der Waals surface area contributed by atoms with E-state index < -0.39 is 23.3 Å². The van der Waals surface area contributed by atoms with Crippen molar-refractivity contribution in [2.24, 2.45) is 0 Å². The van der Waals surface area contributed by atoms with Crippen molar-refractivity contribution in [1.82, 2.24) is 9.13 Å². The van der Waals surface area contributed by atoms with E-state index in [2.05, 4.69) is 36.4 Å². The van der Waals surface area contributed by atoms with E-state index in [0.717, 1.165) is 62.8 Å². The van der Waals surface area contributed by atoms with Gasteiger partial charge in [0.1, 0.15) is 0 Å². The molecule has 0 saturated carbocycles. The van der Waals surface area contributed by atoms with Crippen molar-refractivity contribution in [1.29, 1.82) is 0 Å². The second-order valence-corrected chi connectivity index (χ2v) is 10.7. The Morgan fingerprint density at radius 1 is 0.533 bits per heavy atom. The van der Waals surface area contributed by atoms with E-state index in [1.165, 1.54) is 48.2 Å². The van der Waals surface area contributed by atoms with Crippen molar-refractivity contribution in [2.75, 3.05) is 0 Å². The standard InChI is InChI=1S/2C14H12F2N.2C5H5.Ti/c2*15-11-5-6-14(12(16)9-11)17-8-7-10-3-1-2-4-13(10)17;2*1-2-4-5-3-1;/h2*5-8H,1-4H2;2*1-3H,4H2;/q4*-1;+4. The summed E-state index contributed by atoms with van der Waals surface area (Å²) < 4.78 is 56.6. The van der Waals surface area contributed by atoms with Crippen LogP contribution in [0.2, 0.25) is 0 Å². The number of halogens is 4. The Morgan fingerprint density at radius 3 is 1.29 bits per heavy atom. The molecule has 2 nitrogen and oxygen atoms in total. The number of fused-ring (bicyclic) bond motifs is 2. The van der Waals surface area contributed by atoms with Gasteiger partial charge in [-0.1, -0.05) is 0 Å². The summed E-state index contributed by atoms with van der Waals surface area (Å²) in [4.78, 5) is 0. The molecule has 0 amide bonds. The Balaban J connectivity index is 0.000000154. The SMILES string of the molecule is Fc1[c-]c(F)c(-n2ccc3c2CCCC3)cc1.Fc1[c-]c(F)c(-n2ccc3c2CCCC3)cc1.[C-]1=CC=CC1.[C-]1=CC=CC1.[Ti+4]. The van der Waals surface area contributed by atoms with Crippen molar-refractivity contribution < 1.29 is 39.3 Å². The molecular weight excluding hydrogens is 608 g/mol. The molecule has 0 N–H and O–H groups in total. The normalized spacial score (nSPS) is 15.0. The van der Waals surface area contributed by atoms with Crippen molar-refractivity contribution in [3.05, 3.63) is 155 Å². The van der Waals surface area contributed by atoms with Gasteiger partial charge in [0.25, 0.3) is 0 Å². The van der Waals surface area contributed by atoms with E-state index in [1.807, 2.05) is 58.0 Å². The fourth-order valence-corrected chi connectivity index (χ4v) is 5.62. The number of hydrogen-bond acceptors (Lipinski definition) is 0. The predicted molar refractivity (Wildman–Crippen MR) is 165 cm³/mol. The first kappa shape index (κ1) is 34.3. The number of aromatic nitrogens is 2. The first-order chi connectivity index (χ1) is 21.5. The van der Waals surface area contributed by atoms with Crippen molar-refractivity contribution in [3.8, 4) is 11.4 Å². The van der Waals surface area contributed by atoms with Gasteiger partial charge in [0.05, 0.1) is 0 Å². The van der Waals surface area contributed by atoms with Crippen LogP contribution in [0.1, 0.15) is 61.0 Å². The van der Waals surface area contributed by atoms with Crippen LogP contribution < -0.4 is 0 Å². The second kappa shape index (κ2) is 17.2. The largest absolute Gasteiger partial charge is 4.00 e. The Bertz CT molecular complexity index is 1530. The van der Waals surface area contributed by atoms with Crippen molar-refractivity contribution in [3.63, 3.8) is 0 Å². The van der Waals surface area contributed by atoms with Crippen molar-refractivity contribution in [2.45, 2.75) is 64.2 Å². The number of rotatable bonds is 2. The van der Waals surface area contributed by atoms with Crippen LogP contribution in [0, 0.1) is 47.6 Å². The zero-order chi connectivity index (χ0) is 30.7. The Hall–Kier alpha value is -3.61. The van der Waals surface area contributed by atoms with E-state index in [1.54, 1.807) is 0 Å². The third kappa shape index (κ3) is 9.21. The van der Waals surface area contributed by atoms with Gasteiger partial charge in [0.2, 0.25) is 0 Å². The van der Waals surface area contributed by atoms with E-state index in [4.69, 9.17) is 0 Å². The molecule has 4 aliphatic rings. The average molecular weight is 643 g/mol. The maximum atomic E-state index is 13.7. The number of hydrogen-bond donors (Lipinski definition) is 0. The summed E-state index contributed by atoms with van der Waals surface area (Å²) in [7, 11) is 0. The molecule has 2 heterocycles. The minimum atomic E-state index is -0.660. The Labute approximate surface area is 278 Å². The number of nitrogens with zero attached hydrogens (tertiary/aromatic N) is 2. The maximum absolute atomic E-state index is 13.7. The number of benzene rings is 2. The van der Waals surface area contributed by atoms with E-state index in [-0.39, 0.29) is 21.7 Å². The summed E-state index contributed by atoms with van der Waals surface area (Å²) in [5.74, 6) is -2.58. The first-order valence-electron chi connectivity index (χ1n) is 15.1. The molecule has 0 unspecified atom stereocenters. The first-order valence-corrected chi connectivity index (χ1v) is 15.1. The molecule has 0 aliphatic heterocycles. The average Bonchev–Trinajstić information content (AvgIpc) is 3.87. The topological polar surface area (TPSA) is 9.86 Å². The fourth-order valence-electron chi connectivity index (χ4n) is 5.62. The summed E-state index contributed by atoms with van der Waals surface area (Å²) in [6, 6.07) is 13.6. The van der Waals surface area contributed by atoms with E-state index >= 15 is 0 Å². The van der Waals surface area contributed by atoms with Crippen LogP contribution in [-0.4, -0.2) is 9.13 Å². The zero-order valence-corrected chi connectivity index (χ0v) is 26.6. The van der Waals surface area contributed by atoms with Gasteiger partial charge in [0.15, 0.2) is 0 Å². The van der Waals surface area contributed by atoms with Gasteiger partial charge in [-0.3, -0.25) is 12.2 Å². The summed E-state index contributed by atoms with van der Waals surface area (Å²) in [5.41, 5.74) is 5.62. The minimum Gasteiger partial charge on any atom is -0.372 e. The molecule has 7 heteroatoms. The molecule has 0 spiro atoms. The Kier molecular flexibility index (Phi) is 13.1. The Morgan fingerprint density at radius 2 is 0.956 bits per heavy atom. The van der Waals surface area contributed by atoms with Crippen molar-refractivity contribution >= 4 is 0 Å². The monoisotopic (exact) mass is 642 g/mol. The van der Waals surface area contributed by atoms with Gasteiger partial charge in [-0.15, -0.1) is 49.2 Å². The molecule has 2 aromatic carbocycles. The molecule has 4 aliphatic carbocycles. The van der Waals surface area contributed by atoms with Gasteiger partial charge < -0.3 is 9.13 Å². The molecule has 45 heavy (non-hydrogen) atoms. The number of allylic oxidation sites excluding steroid dienone is 8. The van der Waals surface area contributed by atoms with Gasteiger partial charge in [-0.25, -0.2) is 41.9 Å². The molecular formula is C38H34F4N2Ti. The van der Waals surface area contributed by atoms with Crippen LogP contribution in [0.4, 0.5) is 17.6 Å². The molecule has 0 fully saturated rings. The molecule has 228 valence electrons. The summed E-state index contributed by atoms with van der Waals surface area (Å²) >= 11 is 0. The van der Waals surface area contributed by atoms with Gasteiger partial charge in [-0.2, -0.15) is 12.2 Å². The molecule has 4 aromatic rings. The predicted octanol–water partition coefficient (Wildman–Crippen LogP) is 9.48.